The molecule has 0 aliphatic carbocycles. The summed E-state index contributed by atoms with van der Waals surface area (Å²) >= 11 is 1.86. The van der Waals surface area contributed by atoms with Crippen LogP contribution < -0.4 is 0 Å². The summed E-state index contributed by atoms with van der Waals surface area (Å²) in [5.74, 6) is 0. The molecule has 0 aliphatic rings. The second kappa shape index (κ2) is 14.8. The second-order valence-corrected chi connectivity index (χ2v) is 17.6. The van der Waals surface area contributed by atoms with E-state index in [1.54, 1.807) is 0 Å². The summed E-state index contributed by atoms with van der Waals surface area (Å²) < 4.78 is 10.1. The molecule has 0 saturated heterocycles. The third kappa shape index (κ3) is 5.82. The molecule has 64 heavy (non-hydrogen) atoms. The van der Waals surface area contributed by atoms with Crippen LogP contribution in [-0.2, 0) is 0 Å². The van der Waals surface area contributed by atoms with E-state index in [0.29, 0.717) is 0 Å². The number of thiophene rings is 1. The first-order chi connectivity index (χ1) is 31.7. The monoisotopic (exact) mass is 831 g/mol. The third-order valence-corrected chi connectivity index (χ3v) is 14.0. The Hall–Kier alpha value is -8.11. The summed E-state index contributed by atoms with van der Waals surface area (Å²) in [6.07, 6.45) is 0. The van der Waals surface area contributed by atoms with Gasteiger partial charge in [-0.25, -0.2) is 4.98 Å². The Morgan fingerprint density at radius 1 is 0.328 bits per heavy atom. The predicted octanol–water partition coefficient (Wildman–Crippen LogP) is 17.7. The van der Waals surface area contributed by atoms with Crippen molar-refractivity contribution in [2.24, 2.45) is 0 Å². The summed E-state index contributed by atoms with van der Waals surface area (Å²) in [6.45, 7) is 0. The van der Waals surface area contributed by atoms with Gasteiger partial charge in [0.25, 0.3) is 0 Å². The second-order valence-electron chi connectivity index (χ2n) is 16.5. The number of benzene rings is 10. The quantitative estimate of drug-likeness (QED) is 0.167. The fourth-order valence-corrected chi connectivity index (χ4v) is 11.3. The highest BCUT2D eigenvalue weighted by Gasteiger charge is 2.25. The van der Waals surface area contributed by atoms with Gasteiger partial charge in [-0.15, -0.1) is 11.3 Å². The highest BCUT2D eigenvalue weighted by Crippen LogP contribution is 2.52. The minimum absolute atomic E-state index is 0.810. The number of para-hydroxylation sites is 1. The fourth-order valence-electron chi connectivity index (χ4n) is 9.97. The van der Waals surface area contributed by atoms with Gasteiger partial charge in [-0.3, -0.25) is 0 Å². The summed E-state index contributed by atoms with van der Waals surface area (Å²) in [5.41, 5.74) is 14.8. The molecule has 0 fully saturated rings. The Balaban J connectivity index is 1.12. The van der Waals surface area contributed by atoms with Gasteiger partial charge < -0.3 is 4.42 Å². The van der Waals surface area contributed by atoms with Crippen LogP contribution in [0.3, 0.4) is 0 Å². The van der Waals surface area contributed by atoms with Crippen LogP contribution in [0.5, 0.6) is 0 Å². The van der Waals surface area contributed by atoms with Gasteiger partial charge in [-0.2, -0.15) is 0 Å². The number of hydrogen-bond acceptors (Lipinski definition) is 3. The Morgan fingerprint density at radius 2 is 0.906 bits per heavy atom. The molecule has 10 aromatic carbocycles. The molecule has 0 spiro atoms. The van der Waals surface area contributed by atoms with Crippen molar-refractivity contribution in [1.29, 1.82) is 0 Å². The molecule has 0 saturated carbocycles. The fraction of sp³-hybridized carbons (Fsp3) is 0. The molecule has 0 amide bonds. The normalized spacial score (nSPS) is 11.8. The minimum Gasteiger partial charge on any atom is -0.455 e. The molecule has 298 valence electrons. The van der Waals surface area contributed by atoms with Crippen molar-refractivity contribution in [2.75, 3.05) is 0 Å². The molecule has 0 unspecified atom stereocenters. The van der Waals surface area contributed by atoms with Crippen molar-refractivity contribution in [3.63, 3.8) is 0 Å². The lowest BCUT2D eigenvalue weighted by atomic mass is 9.89. The number of rotatable bonds is 6. The Kier molecular flexibility index (Phi) is 8.43. The van der Waals surface area contributed by atoms with Crippen LogP contribution in [0.15, 0.2) is 229 Å². The van der Waals surface area contributed by atoms with Gasteiger partial charge in [-0.05, 0) is 85.4 Å². The average molecular weight is 832 g/mol. The van der Waals surface area contributed by atoms with E-state index in [-0.39, 0.29) is 0 Å². The molecule has 13 aromatic rings. The van der Waals surface area contributed by atoms with Crippen molar-refractivity contribution in [2.45, 2.75) is 0 Å². The zero-order valence-corrected chi connectivity index (χ0v) is 35.4. The molecule has 2 nitrogen and oxygen atoms in total. The zero-order chi connectivity index (χ0) is 42.1. The number of pyridine rings is 1. The summed E-state index contributed by atoms with van der Waals surface area (Å²) in [7, 11) is 0. The highest BCUT2D eigenvalue weighted by molar-refractivity contribution is 7.26. The maximum absolute atomic E-state index is 7.64. The van der Waals surface area contributed by atoms with Crippen LogP contribution in [0.2, 0.25) is 0 Å². The van der Waals surface area contributed by atoms with Crippen LogP contribution >= 0.6 is 11.3 Å². The molecule has 0 atom stereocenters. The van der Waals surface area contributed by atoms with Crippen LogP contribution in [0.25, 0.3) is 131 Å². The SMILES string of the molecule is c1ccc(-c2cc(-c3cccc(-c4cccc5ccccc45)c3)nc(-c3cccc4c3oc3c5cccc(-c6ccccc6)c5c(-c5ccccc5)c5sc6cccc4c6c53)c2)cc1. The molecule has 3 heteroatoms. The smallest absolute Gasteiger partial charge is 0.144 e. The highest BCUT2D eigenvalue weighted by atomic mass is 32.1. The van der Waals surface area contributed by atoms with Gasteiger partial charge in [0.05, 0.1) is 11.4 Å². The topological polar surface area (TPSA) is 26.0 Å². The summed E-state index contributed by atoms with van der Waals surface area (Å²) in [6, 6.07) is 80.7. The van der Waals surface area contributed by atoms with Crippen LogP contribution in [-0.4, -0.2) is 4.98 Å². The predicted molar refractivity (Wildman–Crippen MR) is 272 cm³/mol. The van der Waals surface area contributed by atoms with Gasteiger partial charge in [0.2, 0.25) is 0 Å². The molecule has 13 rings (SSSR count). The van der Waals surface area contributed by atoms with Gasteiger partial charge in [0.15, 0.2) is 0 Å². The van der Waals surface area contributed by atoms with E-state index >= 15 is 0 Å². The van der Waals surface area contributed by atoms with Gasteiger partial charge in [0.1, 0.15) is 11.2 Å². The van der Waals surface area contributed by atoms with E-state index in [9.17, 15) is 0 Å². The lowest BCUT2D eigenvalue weighted by Gasteiger charge is -2.15. The standard InChI is InChI=1S/C61H37NOS/c1-4-17-38(18-5-1)44-36-52(43-26-12-25-42(35-43)46-28-13-24-39-21-10-11-27-45(39)46)62-53(37-44)50-32-15-31-49-48-30-16-34-54-57(48)58-60(63-59(49)50)51-33-14-29-47(40-19-6-2-7-20-40)56(51)55(61(58)64-54)41-22-8-3-9-23-41/h1-37H. The number of hydrogen-bond donors (Lipinski definition) is 0. The van der Waals surface area contributed by atoms with Gasteiger partial charge in [0, 0.05) is 53.0 Å². The number of fused-ring (bicyclic) bond motifs is 5. The molecule has 3 aromatic heterocycles. The lowest BCUT2D eigenvalue weighted by Crippen LogP contribution is -1.92. The third-order valence-electron chi connectivity index (χ3n) is 12.9. The van der Waals surface area contributed by atoms with E-state index in [1.807, 2.05) is 11.3 Å². The van der Waals surface area contributed by atoms with Crippen molar-refractivity contribution < 1.29 is 4.42 Å². The lowest BCUT2D eigenvalue weighted by molar-refractivity contribution is 0.668. The maximum Gasteiger partial charge on any atom is 0.144 e. The summed E-state index contributed by atoms with van der Waals surface area (Å²) in [4.78, 5) is 5.56. The Bertz CT molecular complexity index is 3940. The maximum atomic E-state index is 7.64. The van der Waals surface area contributed by atoms with Crippen LogP contribution in [0.1, 0.15) is 0 Å². The molecule has 0 bridgehead atoms. The Morgan fingerprint density at radius 3 is 1.73 bits per heavy atom. The van der Waals surface area contributed by atoms with Crippen molar-refractivity contribution in [1.82, 2.24) is 4.98 Å². The minimum atomic E-state index is 0.810. The van der Waals surface area contributed by atoms with E-state index in [1.165, 1.54) is 64.1 Å². The van der Waals surface area contributed by atoms with Crippen molar-refractivity contribution in [3.05, 3.63) is 224 Å². The van der Waals surface area contributed by atoms with Gasteiger partial charge >= 0.3 is 0 Å². The van der Waals surface area contributed by atoms with Crippen molar-refractivity contribution in [3.8, 4) is 67.0 Å². The van der Waals surface area contributed by atoms with Crippen LogP contribution in [0.4, 0.5) is 0 Å². The molecule has 0 aliphatic heterocycles. The van der Waals surface area contributed by atoms with Crippen LogP contribution in [0, 0.1) is 0 Å². The van der Waals surface area contributed by atoms with E-state index in [4.69, 9.17) is 9.40 Å². The van der Waals surface area contributed by atoms with E-state index in [2.05, 4.69) is 224 Å². The zero-order valence-electron chi connectivity index (χ0n) is 34.6. The first-order valence-corrected chi connectivity index (χ1v) is 22.6. The van der Waals surface area contributed by atoms with E-state index in [0.717, 1.165) is 66.5 Å². The number of nitrogens with zero attached hydrogens (tertiary/aromatic N) is 1. The Labute approximate surface area is 374 Å². The van der Waals surface area contributed by atoms with Crippen molar-refractivity contribution >= 4 is 75.0 Å². The largest absolute Gasteiger partial charge is 0.455 e. The summed E-state index contributed by atoms with van der Waals surface area (Å²) in [5, 5.41) is 9.34. The first-order valence-electron chi connectivity index (χ1n) is 21.8. The average Bonchev–Trinajstić information content (AvgIpc) is 3.68. The van der Waals surface area contributed by atoms with Gasteiger partial charge in [-0.1, -0.05) is 194 Å². The molecular weight excluding hydrogens is 795 g/mol. The molecular formula is C61H37NOS. The first kappa shape index (κ1) is 36.5. The molecule has 3 heterocycles. The van der Waals surface area contributed by atoms with E-state index < -0.39 is 0 Å². The molecule has 0 radical (unpaired) electrons. The molecule has 0 N–H and O–H groups in total. The number of aromatic nitrogens is 1.